The summed E-state index contributed by atoms with van der Waals surface area (Å²) in [5.74, 6) is -0.0694. The van der Waals surface area contributed by atoms with Crippen LogP contribution in [0.1, 0.15) is 22.3 Å². The van der Waals surface area contributed by atoms with Crippen LogP contribution in [0.15, 0.2) is 97.1 Å². The van der Waals surface area contributed by atoms with Crippen molar-refractivity contribution >= 4 is 61.0 Å². The Morgan fingerprint density at radius 1 is 0.528 bits per heavy atom. The van der Waals surface area contributed by atoms with Crippen LogP contribution in [0.25, 0.3) is 53.5 Å². The Hall–Kier alpha value is -5.25. The van der Waals surface area contributed by atoms with Gasteiger partial charge in [0.2, 0.25) is 0 Å². The molecular formula is C33H16N2O. The molecular weight excluding hydrogens is 440 g/mol. The first-order chi connectivity index (χ1) is 17.7. The molecule has 0 aromatic heterocycles. The molecule has 164 valence electrons. The largest absolute Gasteiger partial charge is 0.289 e. The van der Waals surface area contributed by atoms with E-state index in [0.29, 0.717) is 22.5 Å². The maximum Gasteiger partial charge on any atom is 0.195 e. The molecule has 3 heteroatoms. The predicted molar refractivity (Wildman–Crippen MR) is 145 cm³/mol. The SMILES string of the molecule is [C-]#[N+]c1cccc(C2=C3C(=C(c4cccc([N+]#[C-])c4)C2=O)c2cc4ccccc4c4cccc3c24)c1. The molecule has 0 N–H and O–H groups in total. The molecule has 5 aromatic rings. The van der Waals surface area contributed by atoms with E-state index in [1.54, 1.807) is 24.3 Å². The van der Waals surface area contributed by atoms with Gasteiger partial charge in [-0.25, -0.2) is 9.69 Å². The number of ketones is 1. The Kier molecular flexibility index (Phi) is 4.13. The van der Waals surface area contributed by atoms with Gasteiger partial charge in [-0.05, 0) is 62.0 Å². The van der Waals surface area contributed by atoms with E-state index < -0.39 is 0 Å². The molecule has 0 saturated carbocycles. The van der Waals surface area contributed by atoms with Crippen LogP contribution in [0.3, 0.4) is 0 Å². The van der Waals surface area contributed by atoms with Crippen molar-refractivity contribution in [2.24, 2.45) is 0 Å². The second-order valence-corrected chi connectivity index (χ2v) is 9.03. The number of nitrogens with zero attached hydrogens (tertiary/aromatic N) is 2. The number of hydrogen-bond acceptors (Lipinski definition) is 1. The Morgan fingerprint density at radius 3 is 1.78 bits per heavy atom. The highest BCUT2D eigenvalue weighted by atomic mass is 16.1. The molecule has 0 heterocycles. The van der Waals surface area contributed by atoms with Gasteiger partial charge in [0, 0.05) is 22.3 Å². The van der Waals surface area contributed by atoms with E-state index in [-0.39, 0.29) is 5.78 Å². The molecule has 5 aromatic carbocycles. The summed E-state index contributed by atoms with van der Waals surface area (Å²) in [6.07, 6.45) is 0. The van der Waals surface area contributed by atoms with Crippen LogP contribution in [0, 0.1) is 13.1 Å². The van der Waals surface area contributed by atoms with Crippen LogP contribution in [0.4, 0.5) is 11.4 Å². The highest BCUT2D eigenvalue weighted by Gasteiger charge is 2.40. The summed E-state index contributed by atoms with van der Waals surface area (Å²) in [6.45, 7) is 15.0. The molecule has 0 amide bonds. The fourth-order valence-electron chi connectivity index (χ4n) is 5.72. The fourth-order valence-corrected chi connectivity index (χ4v) is 5.72. The minimum Gasteiger partial charge on any atom is -0.289 e. The van der Waals surface area contributed by atoms with Gasteiger partial charge in [-0.3, -0.25) is 4.79 Å². The van der Waals surface area contributed by atoms with Crippen molar-refractivity contribution in [1.29, 1.82) is 0 Å². The molecule has 0 aliphatic heterocycles. The van der Waals surface area contributed by atoms with Crippen molar-refractivity contribution in [3.63, 3.8) is 0 Å². The number of rotatable bonds is 2. The Morgan fingerprint density at radius 2 is 1.11 bits per heavy atom. The van der Waals surface area contributed by atoms with E-state index in [0.717, 1.165) is 49.6 Å². The third-order valence-electron chi connectivity index (χ3n) is 7.16. The third-order valence-corrected chi connectivity index (χ3v) is 7.16. The monoisotopic (exact) mass is 456 g/mol. The van der Waals surface area contributed by atoms with Crippen LogP contribution < -0.4 is 0 Å². The molecule has 2 aliphatic carbocycles. The number of Topliss-reactive ketones (excluding diaryl/α,β-unsaturated/α-hetero) is 1. The van der Waals surface area contributed by atoms with Gasteiger partial charge in [-0.15, -0.1) is 0 Å². The van der Waals surface area contributed by atoms with E-state index in [1.807, 2.05) is 30.3 Å². The highest BCUT2D eigenvalue weighted by molar-refractivity contribution is 6.61. The van der Waals surface area contributed by atoms with Gasteiger partial charge in [0.1, 0.15) is 0 Å². The summed E-state index contributed by atoms with van der Waals surface area (Å²) < 4.78 is 0. The fraction of sp³-hybridized carbons (Fsp3) is 0. The van der Waals surface area contributed by atoms with Crippen LogP contribution in [-0.4, -0.2) is 5.78 Å². The van der Waals surface area contributed by atoms with Crippen molar-refractivity contribution in [3.05, 3.63) is 142 Å². The van der Waals surface area contributed by atoms with E-state index >= 15 is 0 Å². The number of fused-ring (bicyclic) bond motifs is 5. The molecule has 0 unspecified atom stereocenters. The number of allylic oxidation sites excluding steroid dienone is 4. The van der Waals surface area contributed by atoms with Crippen LogP contribution in [0.2, 0.25) is 0 Å². The molecule has 3 nitrogen and oxygen atoms in total. The van der Waals surface area contributed by atoms with Gasteiger partial charge in [-0.1, -0.05) is 78.9 Å². The Balaban J connectivity index is 1.65. The molecule has 0 atom stereocenters. The first-order valence-corrected chi connectivity index (χ1v) is 11.6. The lowest BCUT2D eigenvalue weighted by molar-refractivity contribution is -0.108. The zero-order valence-electron chi connectivity index (χ0n) is 19.0. The first-order valence-electron chi connectivity index (χ1n) is 11.6. The van der Waals surface area contributed by atoms with Gasteiger partial charge < -0.3 is 0 Å². The lowest BCUT2D eigenvalue weighted by Gasteiger charge is -2.11. The molecule has 0 fully saturated rings. The maximum atomic E-state index is 14.2. The van der Waals surface area contributed by atoms with E-state index in [4.69, 9.17) is 13.1 Å². The van der Waals surface area contributed by atoms with Gasteiger partial charge in [0.25, 0.3) is 0 Å². The third kappa shape index (κ3) is 2.63. The average molecular weight is 457 g/mol. The van der Waals surface area contributed by atoms with Crippen molar-refractivity contribution in [1.82, 2.24) is 0 Å². The number of hydrogen-bond donors (Lipinski definition) is 0. The zero-order valence-corrected chi connectivity index (χ0v) is 19.0. The van der Waals surface area contributed by atoms with Gasteiger partial charge in [0.15, 0.2) is 17.2 Å². The smallest absolute Gasteiger partial charge is 0.195 e. The highest BCUT2D eigenvalue weighted by Crippen LogP contribution is 2.57. The molecule has 0 spiro atoms. The second-order valence-electron chi connectivity index (χ2n) is 9.03. The van der Waals surface area contributed by atoms with E-state index in [2.05, 4.69) is 52.2 Å². The molecule has 0 saturated heterocycles. The minimum absolute atomic E-state index is 0.0694. The van der Waals surface area contributed by atoms with Gasteiger partial charge in [-0.2, -0.15) is 0 Å². The Labute approximate surface area is 207 Å². The normalized spacial score (nSPS) is 13.9. The lowest BCUT2D eigenvalue weighted by atomic mass is 9.91. The molecule has 0 radical (unpaired) electrons. The molecule has 7 rings (SSSR count). The van der Waals surface area contributed by atoms with Crippen molar-refractivity contribution in [2.75, 3.05) is 0 Å². The van der Waals surface area contributed by atoms with Crippen molar-refractivity contribution in [2.45, 2.75) is 0 Å². The van der Waals surface area contributed by atoms with Gasteiger partial charge >= 0.3 is 0 Å². The summed E-state index contributed by atoms with van der Waals surface area (Å²) in [5, 5.41) is 4.60. The zero-order chi connectivity index (χ0) is 24.4. The average Bonchev–Trinajstić information content (AvgIpc) is 3.41. The lowest BCUT2D eigenvalue weighted by Crippen LogP contribution is -2.02. The van der Waals surface area contributed by atoms with Crippen molar-refractivity contribution in [3.8, 4) is 0 Å². The van der Waals surface area contributed by atoms with Crippen molar-refractivity contribution < 1.29 is 4.79 Å². The number of benzene rings is 5. The quantitative estimate of drug-likeness (QED) is 0.193. The Bertz CT molecular complexity index is 1980. The number of carbonyl (C=O) groups is 1. The maximum absolute atomic E-state index is 14.2. The van der Waals surface area contributed by atoms with E-state index in [1.165, 1.54) is 5.39 Å². The van der Waals surface area contributed by atoms with E-state index in [9.17, 15) is 4.79 Å². The number of carbonyl (C=O) groups excluding carboxylic acids is 1. The first kappa shape index (κ1) is 20.2. The summed E-state index contributed by atoms with van der Waals surface area (Å²) in [5.41, 5.74) is 7.63. The second kappa shape index (κ2) is 7.37. The summed E-state index contributed by atoms with van der Waals surface area (Å²) in [7, 11) is 0. The standard InChI is InChI=1S/C33H16N2O/c1-34-22-11-5-9-20(16-22)28-31-26-15-7-14-25-24-13-4-3-8-19(24)18-27(30(25)26)32(31)29(33(28)36)21-10-6-12-23(17-21)35-2/h3-18H. The molecule has 2 aliphatic rings. The summed E-state index contributed by atoms with van der Waals surface area (Å²) in [4.78, 5) is 21.4. The minimum atomic E-state index is -0.0694. The van der Waals surface area contributed by atoms with Crippen LogP contribution >= 0.6 is 0 Å². The molecule has 36 heavy (non-hydrogen) atoms. The predicted octanol–water partition coefficient (Wildman–Crippen LogP) is 8.51. The molecule has 0 bridgehead atoms. The van der Waals surface area contributed by atoms with Gasteiger partial charge in [0.05, 0.1) is 13.1 Å². The van der Waals surface area contributed by atoms with Crippen LogP contribution in [-0.2, 0) is 4.79 Å². The summed E-state index contributed by atoms with van der Waals surface area (Å²) >= 11 is 0. The topological polar surface area (TPSA) is 25.8 Å². The summed E-state index contributed by atoms with van der Waals surface area (Å²) in [6, 6.07) is 31.4. The van der Waals surface area contributed by atoms with Crippen LogP contribution in [0.5, 0.6) is 0 Å².